The van der Waals surface area contributed by atoms with E-state index in [0.717, 1.165) is 70.3 Å². The number of hydrogen-bond donors (Lipinski definition) is 0. The van der Waals surface area contributed by atoms with Crippen LogP contribution in [0.3, 0.4) is 0 Å². The van der Waals surface area contributed by atoms with Gasteiger partial charge >= 0.3 is 0 Å². The number of halogens is 8. The Hall–Kier alpha value is -2.58. The Balaban J connectivity index is 1.87. The molecule has 0 aliphatic heterocycles. The highest BCUT2D eigenvalue weighted by atomic mass is 19.2. The molecule has 0 heterocycles. The van der Waals surface area contributed by atoms with Gasteiger partial charge in [0.25, 0.3) is 0 Å². The topological polar surface area (TPSA) is 9.23 Å². The van der Waals surface area contributed by atoms with Crippen molar-refractivity contribution in [2.75, 3.05) is 6.61 Å². The van der Waals surface area contributed by atoms with Gasteiger partial charge in [-0.3, -0.25) is 0 Å². The summed E-state index contributed by atoms with van der Waals surface area (Å²) < 4.78 is 123. The fourth-order valence-corrected chi connectivity index (χ4v) is 5.26. The van der Waals surface area contributed by atoms with Gasteiger partial charge in [0.15, 0.2) is 40.7 Å². The van der Waals surface area contributed by atoms with Gasteiger partial charge in [0.2, 0.25) is 11.6 Å². The summed E-state index contributed by atoms with van der Waals surface area (Å²) in [5, 5.41) is 0. The van der Waals surface area contributed by atoms with Crippen LogP contribution in [0.5, 0.6) is 5.75 Å². The van der Waals surface area contributed by atoms with Crippen LogP contribution in [-0.2, 0) is 0 Å². The molecule has 2 aromatic rings. The highest BCUT2D eigenvalue weighted by molar-refractivity contribution is 5.70. The van der Waals surface area contributed by atoms with Gasteiger partial charge in [0.05, 0.1) is 23.3 Å². The third-order valence-corrected chi connectivity index (χ3v) is 7.66. The second kappa shape index (κ2) is 14.9. The summed E-state index contributed by atoms with van der Waals surface area (Å²) in [6.45, 7) is 3.79. The number of benzene rings is 2. The maximum Gasteiger partial charge on any atom is 0.204 e. The van der Waals surface area contributed by atoms with Crippen molar-refractivity contribution in [2.24, 2.45) is 11.8 Å². The van der Waals surface area contributed by atoms with E-state index in [-0.39, 0.29) is 12.5 Å². The van der Waals surface area contributed by atoms with E-state index in [9.17, 15) is 35.1 Å². The third-order valence-electron chi connectivity index (χ3n) is 7.66. The van der Waals surface area contributed by atoms with Gasteiger partial charge in [0, 0.05) is 0 Å². The minimum atomic E-state index is -2.22. The third kappa shape index (κ3) is 7.19. The van der Waals surface area contributed by atoms with Gasteiger partial charge in [-0.05, 0) is 43.9 Å². The van der Waals surface area contributed by atoms with E-state index in [0.29, 0.717) is 18.8 Å². The number of hydrogen-bond acceptors (Lipinski definition) is 1. The molecule has 40 heavy (non-hydrogen) atoms. The predicted molar refractivity (Wildman–Crippen MR) is 140 cm³/mol. The lowest BCUT2D eigenvalue weighted by Gasteiger charge is -2.26. The molecule has 0 bridgehead atoms. The Morgan fingerprint density at radius 3 is 1.62 bits per heavy atom. The zero-order valence-electron chi connectivity index (χ0n) is 22.9. The normalized spacial score (nSPS) is 17.6. The average Bonchev–Trinajstić information content (AvgIpc) is 2.95. The molecule has 1 aliphatic carbocycles. The van der Waals surface area contributed by atoms with Crippen molar-refractivity contribution < 1.29 is 39.9 Å². The van der Waals surface area contributed by atoms with Crippen molar-refractivity contribution in [3.05, 3.63) is 58.2 Å². The zero-order valence-corrected chi connectivity index (χ0v) is 22.9. The molecule has 0 aromatic heterocycles. The number of rotatable bonds is 13. The van der Waals surface area contributed by atoms with Crippen LogP contribution in [0.25, 0.3) is 17.2 Å². The molecule has 0 N–H and O–H groups in total. The van der Waals surface area contributed by atoms with Crippen LogP contribution >= 0.6 is 0 Å². The molecule has 222 valence electrons. The quantitative estimate of drug-likeness (QED) is 0.131. The summed E-state index contributed by atoms with van der Waals surface area (Å²) in [7, 11) is 0. The van der Waals surface area contributed by atoms with E-state index in [1.807, 2.05) is 6.92 Å². The van der Waals surface area contributed by atoms with Crippen LogP contribution in [-0.4, -0.2) is 6.61 Å². The van der Waals surface area contributed by atoms with Crippen LogP contribution in [0, 0.1) is 58.4 Å². The summed E-state index contributed by atoms with van der Waals surface area (Å²) in [6.07, 6.45) is 12.9. The molecular formula is C31H36F8O. The minimum Gasteiger partial charge on any atom is -0.487 e. The lowest BCUT2D eigenvalue weighted by atomic mass is 9.79. The van der Waals surface area contributed by atoms with Crippen molar-refractivity contribution in [3.8, 4) is 16.9 Å². The van der Waals surface area contributed by atoms with Gasteiger partial charge in [-0.25, -0.2) is 26.3 Å². The van der Waals surface area contributed by atoms with Crippen molar-refractivity contribution >= 4 is 6.08 Å². The fourth-order valence-electron chi connectivity index (χ4n) is 5.26. The Labute approximate surface area is 230 Å². The fraction of sp³-hybridized carbons (Fsp3) is 0.548. The molecule has 0 saturated heterocycles. The van der Waals surface area contributed by atoms with Crippen molar-refractivity contribution in [3.63, 3.8) is 0 Å². The average molecular weight is 577 g/mol. The highest BCUT2D eigenvalue weighted by Crippen LogP contribution is 2.41. The standard InChI is InChI=1S/C31H36F8O/c1-3-5-7-9-17-40-31-29(38)27(36)22(28(37)30(31)39)21-25(34)23(32)20(24(33)26(21)35)16-15-19-13-11-18(12-14-19)10-8-6-4-2/h15-16,18-19H,3-14,17H2,1-2H3/b16-15+. The minimum absolute atomic E-state index is 0.0559. The summed E-state index contributed by atoms with van der Waals surface area (Å²) in [5.74, 6) is -17.6. The lowest BCUT2D eigenvalue weighted by molar-refractivity contribution is 0.264. The Kier molecular flexibility index (Phi) is 11.9. The maximum absolute atomic E-state index is 15.0. The van der Waals surface area contributed by atoms with Gasteiger partial charge in [0.1, 0.15) is 0 Å². The smallest absolute Gasteiger partial charge is 0.204 e. The molecule has 1 saturated carbocycles. The van der Waals surface area contributed by atoms with Crippen LogP contribution in [0.2, 0.25) is 0 Å². The van der Waals surface area contributed by atoms with Crippen LogP contribution in [0.1, 0.15) is 96.5 Å². The molecule has 3 rings (SSSR count). The molecule has 2 aromatic carbocycles. The molecule has 0 spiro atoms. The highest BCUT2D eigenvalue weighted by Gasteiger charge is 2.34. The van der Waals surface area contributed by atoms with Crippen LogP contribution in [0.4, 0.5) is 35.1 Å². The summed E-state index contributed by atoms with van der Waals surface area (Å²) in [6, 6.07) is 0. The first-order valence-corrected chi connectivity index (χ1v) is 14.2. The first-order chi connectivity index (χ1) is 19.1. The number of allylic oxidation sites excluding steroid dienone is 1. The molecule has 0 amide bonds. The molecule has 1 fully saturated rings. The Bertz CT molecular complexity index is 1130. The summed E-state index contributed by atoms with van der Waals surface area (Å²) >= 11 is 0. The molecular weight excluding hydrogens is 540 g/mol. The molecule has 9 heteroatoms. The van der Waals surface area contributed by atoms with E-state index >= 15 is 0 Å². The first kappa shape index (κ1) is 31.9. The molecule has 0 unspecified atom stereocenters. The van der Waals surface area contributed by atoms with Crippen molar-refractivity contribution in [1.82, 2.24) is 0 Å². The van der Waals surface area contributed by atoms with Gasteiger partial charge in [-0.15, -0.1) is 0 Å². The Morgan fingerprint density at radius 1 is 0.600 bits per heavy atom. The molecule has 0 atom stereocenters. The molecule has 1 nitrogen and oxygen atoms in total. The largest absolute Gasteiger partial charge is 0.487 e. The van der Waals surface area contributed by atoms with Gasteiger partial charge in [-0.1, -0.05) is 70.9 Å². The second-order valence-corrected chi connectivity index (χ2v) is 10.5. The molecule has 1 aliphatic rings. The monoisotopic (exact) mass is 576 g/mol. The first-order valence-electron chi connectivity index (χ1n) is 14.2. The van der Waals surface area contributed by atoms with Crippen LogP contribution < -0.4 is 4.74 Å². The van der Waals surface area contributed by atoms with Gasteiger partial charge in [-0.2, -0.15) is 8.78 Å². The lowest BCUT2D eigenvalue weighted by Crippen LogP contribution is -2.13. The second-order valence-electron chi connectivity index (χ2n) is 10.5. The van der Waals surface area contributed by atoms with Crippen molar-refractivity contribution in [2.45, 2.75) is 90.9 Å². The maximum atomic E-state index is 15.0. The molecule has 0 radical (unpaired) electrons. The van der Waals surface area contributed by atoms with E-state index in [4.69, 9.17) is 4.74 Å². The van der Waals surface area contributed by atoms with Crippen molar-refractivity contribution in [1.29, 1.82) is 0 Å². The predicted octanol–water partition coefficient (Wildman–Crippen LogP) is 10.8. The van der Waals surface area contributed by atoms with Gasteiger partial charge < -0.3 is 4.74 Å². The summed E-state index contributed by atoms with van der Waals surface area (Å²) in [5.41, 5.74) is -4.84. The van der Waals surface area contributed by atoms with E-state index < -0.39 is 69.0 Å². The van der Waals surface area contributed by atoms with E-state index in [1.54, 1.807) is 0 Å². The number of ether oxygens (including phenoxy) is 1. The summed E-state index contributed by atoms with van der Waals surface area (Å²) in [4.78, 5) is 0. The SMILES string of the molecule is CCCCCCOc1c(F)c(F)c(-c2c(F)c(F)c(/C=C/C3CCC(CCCCC)CC3)c(F)c2F)c(F)c1F. The van der Waals surface area contributed by atoms with E-state index in [2.05, 4.69) is 6.92 Å². The Morgan fingerprint density at radius 2 is 1.10 bits per heavy atom. The number of unbranched alkanes of at least 4 members (excludes halogenated alkanes) is 5. The van der Waals surface area contributed by atoms with E-state index in [1.165, 1.54) is 6.08 Å². The van der Waals surface area contributed by atoms with Crippen LogP contribution in [0.15, 0.2) is 6.08 Å². The zero-order chi connectivity index (χ0) is 29.4.